The van der Waals surface area contributed by atoms with Gasteiger partial charge >= 0.3 is 0 Å². The molecule has 0 heterocycles. The van der Waals surface area contributed by atoms with Crippen LogP contribution in [-0.4, -0.2) is 0 Å². The van der Waals surface area contributed by atoms with Crippen LogP contribution in [0.1, 0.15) is 22.3 Å². The first-order valence-corrected chi connectivity index (χ1v) is 5.79. The first-order chi connectivity index (χ1) is 8.24. The molecule has 0 unspecified atom stereocenters. The summed E-state index contributed by atoms with van der Waals surface area (Å²) in [6.07, 6.45) is 1.94. The Balaban J connectivity index is 2.42. The fraction of sp³-hybridized carbons (Fsp3) is 0.0588. The van der Waals surface area contributed by atoms with E-state index in [9.17, 15) is 0 Å². The summed E-state index contributed by atoms with van der Waals surface area (Å²) in [5.41, 5.74) is 8.66. The highest BCUT2D eigenvalue weighted by atomic mass is 14.3. The minimum atomic E-state index is 1.12. The average Bonchev–Trinajstić information content (AvgIpc) is 2.64. The van der Waals surface area contributed by atoms with E-state index in [4.69, 9.17) is 0 Å². The van der Waals surface area contributed by atoms with Crippen LogP contribution in [-0.2, 0) is 0 Å². The molecule has 0 fully saturated rings. The van der Waals surface area contributed by atoms with Crippen molar-refractivity contribution in [1.29, 1.82) is 0 Å². The van der Waals surface area contributed by atoms with Crippen LogP contribution in [0.3, 0.4) is 0 Å². The molecule has 0 radical (unpaired) electrons. The second-order valence-electron chi connectivity index (χ2n) is 4.45. The van der Waals surface area contributed by atoms with Gasteiger partial charge in [-0.05, 0) is 45.9 Å². The zero-order valence-corrected chi connectivity index (χ0v) is 9.96. The number of fused-ring (bicyclic) bond motifs is 3. The fourth-order valence-corrected chi connectivity index (χ4v) is 2.65. The third kappa shape index (κ3) is 1.24. The number of rotatable bonds is 1. The summed E-state index contributed by atoms with van der Waals surface area (Å²) in [6, 6.07) is 12.8. The molecule has 0 nitrogen and oxygen atoms in total. The Morgan fingerprint density at radius 1 is 0.941 bits per heavy atom. The lowest BCUT2D eigenvalue weighted by atomic mass is 9.95. The number of hydrogen-bond donors (Lipinski definition) is 0. The molecule has 2 aromatic carbocycles. The van der Waals surface area contributed by atoms with E-state index >= 15 is 0 Å². The summed E-state index contributed by atoms with van der Waals surface area (Å²) in [6.45, 7) is 10.3. The van der Waals surface area contributed by atoms with Crippen molar-refractivity contribution in [3.8, 4) is 11.1 Å². The van der Waals surface area contributed by atoms with Crippen molar-refractivity contribution in [1.82, 2.24) is 0 Å². The van der Waals surface area contributed by atoms with Gasteiger partial charge in [0, 0.05) is 0 Å². The Kier molecular flexibility index (Phi) is 2.05. The van der Waals surface area contributed by atoms with Crippen molar-refractivity contribution in [2.75, 3.05) is 0 Å². The van der Waals surface area contributed by atoms with Gasteiger partial charge in [-0.3, -0.25) is 0 Å². The Bertz CT molecular complexity index is 645. The van der Waals surface area contributed by atoms with E-state index in [2.05, 4.69) is 56.5 Å². The van der Waals surface area contributed by atoms with Gasteiger partial charge in [0.15, 0.2) is 0 Å². The highest BCUT2D eigenvalue weighted by Gasteiger charge is 2.23. The Labute approximate surface area is 102 Å². The number of hydrogen-bond acceptors (Lipinski definition) is 0. The summed E-state index contributed by atoms with van der Waals surface area (Å²) >= 11 is 0. The van der Waals surface area contributed by atoms with Gasteiger partial charge in [0.05, 0.1) is 0 Å². The van der Waals surface area contributed by atoms with Crippen LogP contribution in [0.5, 0.6) is 0 Å². The van der Waals surface area contributed by atoms with Gasteiger partial charge in [0.1, 0.15) is 0 Å². The third-order valence-corrected chi connectivity index (χ3v) is 3.51. The second kappa shape index (κ2) is 3.46. The normalized spacial score (nSPS) is 12.2. The van der Waals surface area contributed by atoms with Crippen molar-refractivity contribution in [3.05, 3.63) is 71.8 Å². The fourth-order valence-electron chi connectivity index (χ4n) is 2.65. The quantitative estimate of drug-likeness (QED) is 0.556. The van der Waals surface area contributed by atoms with Crippen molar-refractivity contribution in [2.24, 2.45) is 0 Å². The summed E-state index contributed by atoms with van der Waals surface area (Å²) in [4.78, 5) is 0. The molecule has 1 aliphatic rings. The minimum Gasteiger partial charge on any atom is -0.0984 e. The molecule has 0 N–H and O–H groups in total. The molecule has 0 heteroatoms. The molecule has 0 amide bonds. The summed E-state index contributed by atoms with van der Waals surface area (Å²) < 4.78 is 0. The smallest absolute Gasteiger partial charge is 0.00299 e. The van der Waals surface area contributed by atoms with Crippen LogP contribution in [0.2, 0.25) is 0 Å². The molecule has 82 valence electrons. The summed E-state index contributed by atoms with van der Waals surface area (Å²) in [5.74, 6) is 0. The Morgan fingerprint density at radius 2 is 1.65 bits per heavy atom. The van der Waals surface area contributed by atoms with Gasteiger partial charge in [-0.2, -0.15) is 0 Å². The van der Waals surface area contributed by atoms with E-state index < -0.39 is 0 Å². The van der Waals surface area contributed by atoms with Gasteiger partial charge in [-0.1, -0.05) is 55.6 Å². The lowest BCUT2D eigenvalue weighted by Crippen LogP contribution is -1.89. The SMILES string of the molecule is C=Cc1c(C)ccc2c1C(=C)c1ccccc1-2. The van der Waals surface area contributed by atoms with E-state index in [0.717, 1.165) is 5.57 Å². The largest absolute Gasteiger partial charge is 0.0984 e. The maximum Gasteiger partial charge on any atom is -0.00299 e. The van der Waals surface area contributed by atoms with Gasteiger partial charge in [0.25, 0.3) is 0 Å². The van der Waals surface area contributed by atoms with Crippen LogP contribution in [0, 0.1) is 6.92 Å². The third-order valence-electron chi connectivity index (χ3n) is 3.51. The molecule has 0 spiro atoms. The lowest BCUT2D eigenvalue weighted by Gasteiger charge is -2.08. The number of benzene rings is 2. The van der Waals surface area contributed by atoms with Gasteiger partial charge in [-0.25, -0.2) is 0 Å². The molecule has 0 saturated carbocycles. The molecule has 3 rings (SSSR count). The highest BCUT2D eigenvalue weighted by molar-refractivity contribution is 6.03. The average molecular weight is 218 g/mol. The maximum absolute atomic E-state index is 4.24. The summed E-state index contributed by atoms with van der Waals surface area (Å²) in [7, 11) is 0. The van der Waals surface area contributed by atoms with Crippen molar-refractivity contribution < 1.29 is 0 Å². The minimum absolute atomic E-state index is 1.12. The molecule has 0 aromatic heterocycles. The van der Waals surface area contributed by atoms with Crippen molar-refractivity contribution >= 4 is 11.6 Å². The summed E-state index contributed by atoms with van der Waals surface area (Å²) in [5, 5.41) is 0. The molecule has 1 aliphatic carbocycles. The molecular formula is C17H14. The van der Waals surface area contributed by atoms with E-state index in [0.29, 0.717) is 0 Å². The molecule has 2 aromatic rings. The van der Waals surface area contributed by atoms with Gasteiger partial charge < -0.3 is 0 Å². The monoisotopic (exact) mass is 218 g/mol. The van der Waals surface area contributed by atoms with Crippen LogP contribution in [0.4, 0.5) is 0 Å². The van der Waals surface area contributed by atoms with E-state index in [1.54, 1.807) is 0 Å². The molecule has 0 atom stereocenters. The van der Waals surface area contributed by atoms with Gasteiger partial charge in [-0.15, -0.1) is 0 Å². The topological polar surface area (TPSA) is 0 Å². The molecule has 0 aliphatic heterocycles. The lowest BCUT2D eigenvalue weighted by molar-refractivity contribution is 1.43. The molecule has 17 heavy (non-hydrogen) atoms. The molecular weight excluding hydrogens is 204 g/mol. The maximum atomic E-state index is 4.24. The van der Waals surface area contributed by atoms with Crippen molar-refractivity contribution in [2.45, 2.75) is 6.92 Å². The van der Waals surface area contributed by atoms with Crippen molar-refractivity contribution in [3.63, 3.8) is 0 Å². The standard InChI is InChI=1S/C17H14/c1-4-13-11(2)9-10-16-15-8-6-5-7-14(15)12(3)17(13)16/h4-10H,1,3H2,2H3. The second-order valence-corrected chi connectivity index (χ2v) is 4.45. The predicted molar refractivity (Wildman–Crippen MR) is 74.8 cm³/mol. The first kappa shape index (κ1) is 10.1. The van der Waals surface area contributed by atoms with Crippen LogP contribution < -0.4 is 0 Å². The Hall–Kier alpha value is -2.08. The molecule has 0 saturated heterocycles. The first-order valence-electron chi connectivity index (χ1n) is 5.79. The number of aryl methyl sites for hydroxylation is 1. The highest BCUT2D eigenvalue weighted by Crippen LogP contribution is 2.45. The zero-order valence-electron chi connectivity index (χ0n) is 9.96. The van der Waals surface area contributed by atoms with E-state index in [-0.39, 0.29) is 0 Å². The zero-order chi connectivity index (χ0) is 12.0. The van der Waals surface area contributed by atoms with E-state index in [1.165, 1.54) is 33.4 Å². The predicted octanol–water partition coefficient (Wildman–Crippen LogP) is 4.68. The van der Waals surface area contributed by atoms with Crippen LogP contribution in [0.15, 0.2) is 49.6 Å². The Morgan fingerprint density at radius 3 is 2.35 bits per heavy atom. The van der Waals surface area contributed by atoms with E-state index in [1.807, 2.05) is 6.08 Å². The van der Waals surface area contributed by atoms with Gasteiger partial charge in [0.2, 0.25) is 0 Å². The molecule has 0 bridgehead atoms. The van der Waals surface area contributed by atoms with Crippen LogP contribution in [0.25, 0.3) is 22.8 Å². The van der Waals surface area contributed by atoms with Crippen LogP contribution >= 0.6 is 0 Å².